The average molecular weight is 328 g/mol. The van der Waals surface area contributed by atoms with Crippen LogP contribution in [0.2, 0.25) is 0 Å². The molecule has 0 atom stereocenters. The lowest BCUT2D eigenvalue weighted by molar-refractivity contribution is -0.384. The molecule has 0 amide bonds. The Hall–Kier alpha value is -3.07. The summed E-state index contributed by atoms with van der Waals surface area (Å²) in [6.45, 7) is 0. The van der Waals surface area contributed by atoms with Gasteiger partial charge in [-0.2, -0.15) is 0 Å². The van der Waals surface area contributed by atoms with Gasteiger partial charge in [-0.25, -0.2) is 0 Å². The second-order valence-electron chi connectivity index (χ2n) is 4.30. The summed E-state index contributed by atoms with van der Waals surface area (Å²) < 4.78 is 5.41. The molecular weight excluding hydrogens is 320 g/mol. The molecule has 1 aromatic carbocycles. The highest BCUT2D eigenvalue weighted by molar-refractivity contribution is 8.14. The molecule has 0 aliphatic carbocycles. The largest absolute Gasteiger partial charge is 0.411 e. The number of hydrogen-bond donors (Lipinski definition) is 0. The van der Waals surface area contributed by atoms with Crippen LogP contribution in [0, 0.1) is 10.1 Å². The van der Waals surface area contributed by atoms with E-state index in [1.165, 1.54) is 24.3 Å². The van der Waals surface area contributed by atoms with Crippen LogP contribution in [-0.2, 0) is 0 Å². The van der Waals surface area contributed by atoms with Crippen molar-refractivity contribution in [2.45, 2.75) is 5.22 Å². The van der Waals surface area contributed by atoms with Crippen LogP contribution in [-0.4, -0.2) is 25.2 Å². The Labute approximate surface area is 133 Å². The van der Waals surface area contributed by atoms with E-state index >= 15 is 0 Å². The molecule has 0 unspecified atom stereocenters. The molecule has 23 heavy (non-hydrogen) atoms. The normalized spacial score (nSPS) is 10.4. The first kappa shape index (κ1) is 14.9. The third-order valence-corrected chi connectivity index (χ3v) is 3.59. The van der Waals surface area contributed by atoms with Crippen LogP contribution in [0.3, 0.4) is 0 Å². The van der Waals surface area contributed by atoms with Crippen molar-refractivity contribution in [2.24, 2.45) is 0 Å². The monoisotopic (exact) mass is 328 g/mol. The van der Waals surface area contributed by atoms with E-state index < -0.39 is 4.92 Å². The zero-order valence-corrected chi connectivity index (χ0v) is 12.3. The van der Waals surface area contributed by atoms with Crippen LogP contribution in [0.15, 0.2) is 58.4 Å². The Morgan fingerprint density at radius 1 is 1.09 bits per heavy atom. The SMILES string of the molecule is O=C(Sc1nnc(-c2ccncc2)o1)c1ccc([N+](=O)[O-])cc1. The molecule has 114 valence electrons. The van der Waals surface area contributed by atoms with E-state index in [0.29, 0.717) is 11.1 Å². The van der Waals surface area contributed by atoms with E-state index in [1.807, 2.05) is 0 Å². The maximum atomic E-state index is 12.1. The van der Waals surface area contributed by atoms with Gasteiger partial charge in [-0.15, -0.1) is 10.2 Å². The molecule has 0 saturated heterocycles. The number of hydrogen-bond acceptors (Lipinski definition) is 8. The van der Waals surface area contributed by atoms with Crippen molar-refractivity contribution in [3.63, 3.8) is 0 Å². The van der Waals surface area contributed by atoms with Gasteiger partial charge < -0.3 is 4.42 Å². The lowest BCUT2D eigenvalue weighted by Gasteiger charge is -1.97. The Morgan fingerprint density at radius 3 is 2.43 bits per heavy atom. The van der Waals surface area contributed by atoms with Crippen LogP contribution >= 0.6 is 11.8 Å². The Kier molecular flexibility index (Phi) is 4.11. The van der Waals surface area contributed by atoms with Crippen molar-refractivity contribution >= 4 is 22.6 Å². The zero-order chi connectivity index (χ0) is 16.2. The summed E-state index contributed by atoms with van der Waals surface area (Å²) in [6, 6.07) is 8.72. The van der Waals surface area contributed by atoms with Crippen LogP contribution in [0.1, 0.15) is 10.4 Å². The minimum Gasteiger partial charge on any atom is -0.411 e. The van der Waals surface area contributed by atoms with Crippen LogP contribution < -0.4 is 0 Å². The van der Waals surface area contributed by atoms with Gasteiger partial charge in [0.05, 0.1) is 4.92 Å². The maximum Gasteiger partial charge on any atom is 0.284 e. The van der Waals surface area contributed by atoms with Gasteiger partial charge >= 0.3 is 0 Å². The summed E-state index contributed by atoms with van der Waals surface area (Å²) in [5.41, 5.74) is 0.927. The van der Waals surface area contributed by atoms with Crippen LogP contribution in [0.4, 0.5) is 5.69 Å². The fourth-order valence-electron chi connectivity index (χ4n) is 1.72. The molecule has 0 spiro atoms. The second kappa shape index (κ2) is 6.36. The van der Waals surface area contributed by atoms with Crippen molar-refractivity contribution < 1.29 is 14.1 Å². The zero-order valence-electron chi connectivity index (χ0n) is 11.4. The van der Waals surface area contributed by atoms with Gasteiger partial charge in [-0.05, 0) is 24.3 Å². The molecule has 0 aliphatic rings. The van der Waals surface area contributed by atoms with Gasteiger partial charge in [0.2, 0.25) is 11.0 Å². The number of aromatic nitrogens is 3. The van der Waals surface area contributed by atoms with Crippen molar-refractivity contribution in [1.82, 2.24) is 15.2 Å². The first-order chi connectivity index (χ1) is 11.1. The third kappa shape index (κ3) is 3.40. The molecule has 0 aliphatic heterocycles. The van der Waals surface area contributed by atoms with E-state index in [1.54, 1.807) is 24.5 Å². The van der Waals surface area contributed by atoms with E-state index in [9.17, 15) is 14.9 Å². The number of rotatable bonds is 4. The first-order valence-corrected chi connectivity index (χ1v) is 7.15. The minimum atomic E-state index is -0.527. The summed E-state index contributed by atoms with van der Waals surface area (Å²) in [5, 5.41) is 18.0. The van der Waals surface area contributed by atoms with Crippen molar-refractivity contribution in [1.29, 1.82) is 0 Å². The number of thioether (sulfide) groups is 1. The molecular formula is C14H8N4O4S. The average Bonchev–Trinajstić information content (AvgIpc) is 3.04. The molecule has 2 heterocycles. The van der Waals surface area contributed by atoms with Crippen LogP contribution in [0.5, 0.6) is 0 Å². The molecule has 9 heteroatoms. The van der Waals surface area contributed by atoms with Gasteiger partial charge in [-0.1, -0.05) is 0 Å². The summed E-state index contributed by atoms with van der Waals surface area (Å²) >= 11 is 0.762. The van der Waals surface area contributed by atoms with Gasteiger partial charge in [0.15, 0.2) is 0 Å². The summed E-state index contributed by atoms with van der Waals surface area (Å²) in [5.74, 6) is 0.284. The fourth-order valence-corrected chi connectivity index (χ4v) is 2.33. The fraction of sp³-hybridized carbons (Fsp3) is 0. The molecule has 3 aromatic rings. The van der Waals surface area contributed by atoms with Gasteiger partial charge in [0, 0.05) is 47.4 Å². The quantitative estimate of drug-likeness (QED) is 0.408. The molecule has 0 saturated carbocycles. The minimum absolute atomic E-state index is 0.0793. The molecule has 3 rings (SSSR count). The number of nitro groups is 1. The number of nitro benzene ring substituents is 1. The smallest absolute Gasteiger partial charge is 0.284 e. The predicted molar refractivity (Wildman–Crippen MR) is 80.8 cm³/mol. The highest BCUT2D eigenvalue weighted by Gasteiger charge is 2.16. The second-order valence-corrected chi connectivity index (χ2v) is 5.23. The van der Waals surface area contributed by atoms with E-state index in [4.69, 9.17) is 4.42 Å². The number of nitrogens with zero attached hydrogens (tertiary/aromatic N) is 4. The molecule has 8 nitrogen and oxygen atoms in total. The first-order valence-electron chi connectivity index (χ1n) is 6.34. The molecule has 0 bridgehead atoms. The summed E-state index contributed by atoms with van der Waals surface area (Å²) in [7, 11) is 0. The van der Waals surface area contributed by atoms with Crippen molar-refractivity contribution in [3.05, 3.63) is 64.5 Å². The summed E-state index contributed by atoms with van der Waals surface area (Å²) in [6.07, 6.45) is 3.18. The third-order valence-electron chi connectivity index (χ3n) is 2.83. The molecule has 0 fully saturated rings. The number of carbonyl (C=O) groups excluding carboxylic acids is 1. The van der Waals surface area contributed by atoms with E-state index in [2.05, 4.69) is 15.2 Å². The highest BCUT2D eigenvalue weighted by Crippen LogP contribution is 2.26. The molecule has 0 N–H and O–H groups in total. The molecule has 0 radical (unpaired) electrons. The van der Waals surface area contributed by atoms with Crippen molar-refractivity contribution in [2.75, 3.05) is 0 Å². The Balaban J connectivity index is 1.73. The van der Waals surface area contributed by atoms with E-state index in [0.717, 1.165) is 11.8 Å². The standard InChI is InChI=1S/C14H8N4O4S/c19-13(10-1-3-11(4-2-10)18(20)21)23-14-17-16-12(22-14)9-5-7-15-8-6-9/h1-8H. The van der Waals surface area contributed by atoms with E-state index in [-0.39, 0.29) is 21.9 Å². The lowest BCUT2D eigenvalue weighted by atomic mass is 10.2. The number of pyridine rings is 1. The van der Waals surface area contributed by atoms with Gasteiger partial charge in [-0.3, -0.25) is 19.9 Å². The van der Waals surface area contributed by atoms with Crippen molar-refractivity contribution in [3.8, 4) is 11.5 Å². The number of benzene rings is 1. The number of carbonyl (C=O) groups is 1. The Bertz CT molecular complexity index is 849. The molecule has 2 aromatic heterocycles. The topological polar surface area (TPSA) is 112 Å². The van der Waals surface area contributed by atoms with Gasteiger partial charge in [0.1, 0.15) is 0 Å². The highest BCUT2D eigenvalue weighted by atomic mass is 32.2. The predicted octanol–water partition coefficient (Wildman–Crippen LogP) is 2.97. The lowest BCUT2D eigenvalue weighted by Crippen LogP contribution is -1.94. The summed E-state index contributed by atoms with van der Waals surface area (Å²) in [4.78, 5) is 26.0. The number of non-ortho nitro benzene ring substituents is 1. The van der Waals surface area contributed by atoms with Crippen LogP contribution in [0.25, 0.3) is 11.5 Å². The van der Waals surface area contributed by atoms with Gasteiger partial charge in [0.25, 0.3) is 10.9 Å². The maximum absolute atomic E-state index is 12.1. The Morgan fingerprint density at radius 2 is 1.78 bits per heavy atom.